The van der Waals surface area contributed by atoms with Crippen molar-refractivity contribution in [1.29, 1.82) is 0 Å². The molecule has 1 aromatic carbocycles. The summed E-state index contributed by atoms with van der Waals surface area (Å²) in [6, 6.07) is 8.40. The monoisotopic (exact) mass is 403 g/mol. The average Bonchev–Trinajstić information content (AvgIpc) is 3.06. The predicted octanol–water partition coefficient (Wildman–Crippen LogP) is 4.98. The fourth-order valence-electron chi connectivity index (χ4n) is 3.51. The van der Waals surface area contributed by atoms with Crippen LogP contribution in [0, 0.1) is 11.7 Å². The topological polar surface area (TPSA) is 60.5 Å². The second-order valence-electron chi connectivity index (χ2n) is 6.72. The molecule has 4 rings (SSSR count). The SMILES string of the molecule is NC1=N[C@]2(Oc3cc(/C=C/c4ccc(Cl)cn4)ccc3F)CCC[C@H]2CS1. The van der Waals surface area contributed by atoms with Crippen LogP contribution in [0.15, 0.2) is 41.5 Å². The summed E-state index contributed by atoms with van der Waals surface area (Å²) in [4.78, 5) is 8.79. The van der Waals surface area contributed by atoms with Crippen molar-refractivity contribution in [3.63, 3.8) is 0 Å². The van der Waals surface area contributed by atoms with Gasteiger partial charge in [-0.05, 0) is 48.7 Å². The van der Waals surface area contributed by atoms with Gasteiger partial charge in [-0.15, -0.1) is 0 Å². The zero-order valence-corrected chi connectivity index (χ0v) is 16.1. The minimum atomic E-state index is -0.740. The van der Waals surface area contributed by atoms with E-state index >= 15 is 0 Å². The normalized spacial score (nSPS) is 24.7. The number of benzene rings is 1. The quantitative estimate of drug-likeness (QED) is 0.781. The summed E-state index contributed by atoms with van der Waals surface area (Å²) in [5, 5.41) is 1.10. The minimum absolute atomic E-state index is 0.205. The highest BCUT2D eigenvalue weighted by Gasteiger charge is 2.48. The van der Waals surface area contributed by atoms with E-state index < -0.39 is 11.5 Å². The molecular weight excluding hydrogens is 385 g/mol. The lowest BCUT2D eigenvalue weighted by molar-refractivity contribution is 0.0426. The summed E-state index contributed by atoms with van der Waals surface area (Å²) in [6.07, 6.45) is 8.08. The number of aromatic nitrogens is 1. The van der Waals surface area contributed by atoms with Gasteiger partial charge in [-0.1, -0.05) is 35.5 Å². The molecule has 1 aliphatic carbocycles. The van der Waals surface area contributed by atoms with E-state index in [2.05, 4.69) is 9.98 Å². The van der Waals surface area contributed by atoms with Gasteiger partial charge < -0.3 is 10.5 Å². The average molecular weight is 404 g/mol. The van der Waals surface area contributed by atoms with Crippen LogP contribution < -0.4 is 10.5 Å². The summed E-state index contributed by atoms with van der Waals surface area (Å²) in [5.74, 6) is 0.922. The van der Waals surface area contributed by atoms with Crippen LogP contribution in [0.4, 0.5) is 4.39 Å². The Kier molecular flexibility index (Phi) is 5.10. The molecule has 2 heterocycles. The fourth-order valence-corrected chi connectivity index (χ4v) is 4.64. The molecule has 1 aromatic heterocycles. The van der Waals surface area contributed by atoms with Crippen LogP contribution in [0.2, 0.25) is 5.02 Å². The molecule has 4 nitrogen and oxygen atoms in total. The van der Waals surface area contributed by atoms with E-state index in [9.17, 15) is 4.39 Å². The molecule has 2 aromatic rings. The van der Waals surface area contributed by atoms with Crippen molar-refractivity contribution in [3.05, 3.63) is 58.6 Å². The largest absolute Gasteiger partial charge is 0.463 e. The number of fused-ring (bicyclic) bond motifs is 1. The third-order valence-corrected chi connectivity index (χ3v) is 6.08. The van der Waals surface area contributed by atoms with Gasteiger partial charge in [0.1, 0.15) is 0 Å². The van der Waals surface area contributed by atoms with Crippen molar-refractivity contribution in [2.24, 2.45) is 16.6 Å². The molecule has 0 amide bonds. The van der Waals surface area contributed by atoms with Crippen molar-refractivity contribution in [2.75, 3.05) is 5.75 Å². The maximum absolute atomic E-state index is 14.4. The maximum Gasteiger partial charge on any atom is 0.206 e. The van der Waals surface area contributed by atoms with E-state index in [0.29, 0.717) is 10.2 Å². The van der Waals surface area contributed by atoms with Crippen LogP contribution in [0.3, 0.4) is 0 Å². The van der Waals surface area contributed by atoms with Crippen LogP contribution in [0.5, 0.6) is 5.75 Å². The predicted molar refractivity (Wildman–Crippen MR) is 109 cm³/mol. The summed E-state index contributed by atoms with van der Waals surface area (Å²) in [5.41, 5.74) is 6.77. The van der Waals surface area contributed by atoms with E-state index in [1.807, 2.05) is 18.2 Å². The molecule has 0 saturated heterocycles. The van der Waals surface area contributed by atoms with Crippen LogP contribution in [-0.4, -0.2) is 21.6 Å². The summed E-state index contributed by atoms with van der Waals surface area (Å²) >= 11 is 7.39. The van der Waals surface area contributed by atoms with Gasteiger partial charge in [0, 0.05) is 24.3 Å². The highest BCUT2D eigenvalue weighted by atomic mass is 35.5. The highest BCUT2D eigenvalue weighted by Crippen LogP contribution is 2.45. The number of hydrogen-bond acceptors (Lipinski definition) is 5. The zero-order valence-electron chi connectivity index (χ0n) is 14.6. The fraction of sp³-hybridized carbons (Fsp3) is 0.300. The molecule has 0 bridgehead atoms. The number of aliphatic imine (C=N–C) groups is 1. The third kappa shape index (κ3) is 3.96. The third-order valence-electron chi connectivity index (χ3n) is 4.90. The van der Waals surface area contributed by atoms with Crippen LogP contribution in [0.25, 0.3) is 12.2 Å². The summed E-state index contributed by atoms with van der Waals surface area (Å²) in [7, 11) is 0. The van der Waals surface area contributed by atoms with Gasteiger partial charge in [-0.3, -0.25) is 4.98 Å². The Morgan fingerprint density at radius 3 is 3.00 bits per heavy atom. The Morgan fingerprint density at radius 1 is 1.30 bits per heavy atom. The molecule has 1 aliphatic heterocycles. The van der Waals surface area contributed by atoms with Crippen molar-refractivity contribution in [2.45, 2.75) is 25.0 Å². The first-order valence-corrected chi connectivity index (χ1v) is 10.2. The Hall–Kier alpha value is -2.05. The molecule has 1 fully saturated rings. The Morgan fingerprint density at radius 2 is 2.19 bits per heavy atom. The summed E-state index contributed by atoms with van der Waals surface area (Å²) in [6.45, 7) is 0. The first-order valence-electron chi connectivity index (χ1n) is 8.80. The smallest absolute Gasteiger partial charge is 0.206 e. The second-order valence-corrected chi connectivity index (χ2v) is 8.20. The number of amidine groups is 1. The minimum Gasteiger partial charge on any atom is -0.463 e. The standard InChI is InChI=1S/C20H19ClFN3OS/c21-15-5-7-16(24-11-15)6-3-13-4-8-17(22)18(10-13)26-20-9-1-2-14(20)12-27-19(23)25-20/h3-8,10-11,14H,1-2,9,12H2,(H2,23,25)/b6-3+/t14-,20-/m0/s1. The maximum atomic E-state index is 14.4. The molecule has 27 heavy (non-hydrogen) atoms. The molecule has 2 atom stereocenters. The Balaban J connectivity index is 1.59. The summed E-state index contributed by atoms with van der Waals surface area (Å²) < 4.78 is 20.6. The van der Waals surface area contributed by atoms with Crippen LogP contribution >= 0.6 is 23.4 Å². The highest BCUT2D eigenvalue weighted by molar-refractivity contribution is 8.13. The van der Waals surface area contributed by atoms with Gasteiger partial charge in [0.25, 0.3) is 0 Å². The van der Waals surface area contributed by atoms with Crippen molar-refractivity contribution < 1.29 is 9.13 Å². The van der Waals surface area contributed by atoms with Gasteiger partial charge in [-0.25, -0.2) is 9.38 Å². The van der Waals surface area contributed by atoms with Gasteiger partial charge in [0.2, 0.25) is 5.72 Å². The molecular formula is C20H19ClFN3OS. The molecule has 7 heteroatoms. The van der Waals surface area contributed by atoms with E-state index in [0.717, 1.165) is 36.3 Å². The number of ether oxygens (including phenoxy) is 1. The van der Waals surface area contributed by atoms with E-state index in [4.69, 9.17) is 22.1 Å². The lowest BCUT2D eigenvalue weighted by Crippen LogP contribution is -2.44. The number of halogens is 2. The van der Waals surface area contributed by atoms with Crippen LogP contribution in [-0.2, 0) is 0 Å². The lowest BCUT2D eigenvalue weighted by Gasteiger charge is -2.35. The second kappa shape index (κ2) is 7.52. The molecule has 140 valence electrons. The van der Waals surface area contributed by atoms with Gasteiger partial charge in [0.15, 0.2) is 16.7 Å². The zero-order chi connectivity index (χ0) is 18.9. The number of hydrogen-bond donors (Lipinski definition) is 1. The number of thioether (sulfide) groups is 1. The van der Waals surface area contributed by atoms with Crippen LogP contribution in [0.1, 0.15) is 30.5 Å². The van der Waals surface area contributed by atoms with Crippen molar-refractivity contribution in [3.8, 4) is 5.75 Å². The molecule has 1 saturated carbocycles. The van der Waals surface area contributed by atoms with E-state index in [-0.39, 0.29) is 11.7 Å². The molecule has 2 aliphatic rings. The Bertz CT molecular complexity index is 903. The molecule has 2 N–H and O–H groups in total. The number of rotatable bonds is 4. The van der Waals surface area contributed by atoms with Crippen molar-refractivity contribution >= 4 is 40.7 Å². The molecule has 0 unspecified atom stereocenters. The first-order chi connectivity index (χ1) is 13.0. The lowest BCUT2D eigenvalue weighted by atomic mass is 10.0. The van der Waals surface area contributed by atoms with Gasteiger partial charge in [-0.2, -0.15) is 0 Å². The number of pyridine rings is 1. The number of nitrogens with two attached hydrogens (primary N) is 1. The van der Waals surface area contributed by atoms with Gasteiger partial charge in [0.05, 0.1) is 10.7 Å². The first kappa shape index (κ1) is 18.3. The van der Waals surface area contributed by atoms with Gasteiger partial charge >= 0.3 is 0 Å². The molecule has 0 radical (unpaired) electrons. The Labute approximate surface area is 166 Å². The van der Waals surface area contributed by atoms with Crippen molar-refractivity contribution in [1.82, 2.24) is 4.98 Å². The number of nitrogens with zero attached hydrogens (tertiary/aromatic N) is 2. The molecule has 0 spiro atoms. The van der Waals surface area contributed by atoms with E-state index in [1.54, 1.807) is 36.2 Å². The van der Waals surface area contributed by atoms with E-state index in [1.165, 1.54) is 6.07 Å².